The van der Waals surface area contributed by atoms with Crippen LogP contribution in [0.25, 0.3) is 0 Å². The Morgan fingerprint density at radius 1 is 1.15 bits per heavy atom. The van der Waals surface area contributed by atoms with E-state index in [0.717, 1.165) is 38.2 Å². The van der Waals surface area contributed by atoms with Gasteiger partial charge in [-0.15, -0.1) is 0 Å². The fourth-order valence-corrected chi connectivity index (χ4v) is 3.60. The van der Waals surface area contributed by atoms with Gasteiger partial charge in [-0.3, -0.25) is 9.69 Å². The lowest BCUT2D eigenvalue weighted by Crippen LogP contribution is -2.40. The average molecular weight is 368 g/mol. The molecule has 0 bridgehead atoms. The van der Waals surface area contributed by atoms with Crippen LogP contribution in [0.2, 0.25) is 0 Å². The van der Waals surface area contributed by atoms with Crippen LogP contribution in [0.15, 0.2) is 42.5 Å². The van der Waals surface area contributed by atoms with Gasteiger partial charge < -0.3 is 14.8 Å². The number of ether oxygens (including phenoxy) is 2. The number of piperidine rings is 1. The zero-order valence-electron chi connectivity index (χ0n) is 16.3. The molecule has 1 aliphatic heterocycles. The summed E-state index contributed by atoms with van der Waals surface area (Å²) in [7, 11) is 3.19. The smallest absolute Gasteiger partial charge is 0.228 e. The number of nitrogens with one attached hydrogen (secondary N) is 1. The van der Waals surface area contributed by atoms with Crippen LogP contribution in [0.4, 0.5) is 5.69 Å². The maximum absolute atomic E-state index is 12.8. The SMILES string of the molecule is COc1ccc(NC(=O)C2CCCN(Cc3ccccc3C)C2)cc1OC. The molecule has 1 atom stereocenters. The lowest BCUT2D eigenvalue weighted by molar-refractivity contribution is -0.121. The van der Waals surface area contributed by atoms with Crippen LogP contribution in [0.3, 0.4) is 0 Å². The van der Waals surface area contributed by atoms with Gasteiger partial charge in [0.25, 0.3) is 0 Å². The predicted molar refractivity (Wildman–Crippen MR) is 107 cm³/mol. The molecule has 1 aliphatic rings. The number of likely N-dealkylation sites (tertiary alicyclic amines) is 1. The van der Waals surface area contributed by atoms with E-state index in [0.29, 0.717) is 11.5 Å². The van der Waals surface area contributed by atoms with Crippen molar-refractivity contribution in [2.24, 2.45) is 5.92 Å². The summed E-state index contributed by atoms with van der Waals surface area (Å²) in [6.07, 6.45) is 1.96. The largest absolute Gasteiger partial charge is 0.493 e. The molecule has 1 saturated heterocycles. The number of anilines is 1. The molecule has 0 aromatic heterocycles. The van der Waals surface area contributed by atoms with Crippen LogP contribution >= 0.6 is 0 Å². The van der Waals surface area contributed by atoms with E-state index in [1.165, 1.54) is 11.1 Å². The summed E-state index contributed by atoms with van der Waals surface area (Å²) in [5, 5.41) is 3.03. The molecule has 3 rings (SSSR count). The van der Waals surface area contributed by atoms with Crippen LogP contribution < -0.4 is 14.8 Å². The molecular weight excluding hydrogens is 340 g/mol. The number of rotatable bonds is 6. The zero-order chi connectivity index (χ0) is 19.2. The standard InChI is InChI=1S/C22H28N2O3/c1-16-7-4-5-8-17(16)14-24-12-6-9-18(15-24)22(25)23-19-10-11-20(26-2)21(13-19)27-3/h4-5,7-8,10-11,13,18H,6,9,12,14-15H2,1-3H3,(H,23,25). The molecule has 1 fully saturated rings. The van der Waals surface area contributed by atoms with Crippen molar-refractivity contribution in [2.45, 2.75) is 26.3 Å². The van der Waals surface area contributed by atoms with Crippen molar-refractivity contribution in [3.8, 4) is 11.5 Å². The van der Waals surface area contributed by atoms with Crippen molar-refractivity contribution < 1.29 is 14.3 Å². The van der Waals surface area contributed by atoms with Gasteiger partial charge in [0.15, 0.2) is 11.5 Å². The monoisotopic (exact) mass is 368 g/mol. The molecule has 0 spiro atoms. The van der Waals surface area contributed by atoms with Crippen LogP contribution in [0.1, 0.15) is 24.0 Å². The molecule has 1 amide bonds. The van der Waals surface area contributed by atoms with Crippen molar-refractivity contribution in [1.29, 1.82) is 0 Å². The molecule has 27 heavy (non-hydrogen) atoms. The van der Waals surface area contributed by atoms with Crippen molar-refractivity contribution in [3.63, 3.8) is 0 Å². The topological polar surface area (TPSA) is 50.8 Å². The Bertz CT molecular complexity index is 791. The molecule has 0 radical (unpaired) electrons. The minimum Gasteiger partial charge on any atom is -0.493 e. The maximum Gasteiger partial charge on any atom is 0.228 e. The number of benzene rings is 2. The van der Waals surface area contributed by atoms with Crippen molar-refractivity contribution in [3.05, 3.63) is 53.6 Å². The first kappa shape index (κ1) is 19.2. The number of amides is 1. The summed E-state index contributed by atoms with van der Waals surface area (Å²) in [4.78, 5) is 15.2. The van der Waals surface area contributed by atoms with Crippen LogP contribution in [0, 0.1) is 12.8 Å². The normalized spacial score (nSPS) is 17.4. The van der Waals surface area contributed by atoms with E-state index in [2.05, 4.69) is 41.4 Å². The highest BCUT2D eigenvalue weighted by atomic mass is 16.5. The third kappa shape index (κ3) is 4.80. The third-order valence-corrected chi connectivity index (χ3v) is 5.18. The highest BCUT2D eigenvalue weighted by molar-refractivity contribution is 5.93. The minimum atomic E-state index is -0.00383. The Morgan fingerprint density at radius 2 is 1.93 bits per heavy atom. The lowest BCUT2D eigenvalue weighted by atomic mass is 9.96. The molecule has 5 heteroatoms. The van der Waals surface area contributed by atoms with Crippen LogP contribution in [-0.4, -0.2) is 38.1 Å². The Morgan fingerprint density at radius 3 is 2.67 bits per heavy atom. The van der Waals surface area contributed by atoms with E-state index in [9.17, 15) is 4.79 Å². The highest BCUT2D eigenvalue weighted by Crippen LogP contribution is 2.30. The van der Waals surface area contributed by atoms with Gasteiger partial charge in [0.2, 0.25) is 5.91 Å². The molecule has 0 saturated carbocycles. The first-order chi connectivity index (χ1) is 13.1. The second kappa shape index (κ2) is 8.91. The average Bonchev–Trinajstić information content (AvgIpc) is 2.70. The Labute approximate surface area is 161 Å². The Kier molecular flexibility index (Phi) is 6.35. The van der Waals surface area contributed by atoms with Gasteiger partial charge in [0.05, 0.1) is 20.1 Å². The number of methoxy groups -OCH3 is 2. The summed E-state index contributed by atoms with van der Waals surface area (Å²) >= 11 is 0. The van der Waals surface area contributed by atoms with E-state index in [1.54, 1.807) is 26.4 Å². The Hall–Kier alpha value is -2.53. The van der Waals surface area contributed by atoms with E-state index in [1.807, 2.05) is 6.07 Å². The summed E-state index contributed by atoms with van der Waals surface area (Å²) in [5.41, 5.74) is 3.36. The highest BCUT2D eigenvalue weighted by Gasteiger charge is 2.26. The van der Waals surface area contributed by atoms with Crippen molar-refractivity contribution >= 4 is 11.6 Å². The maximum atomic E-state index is 12.8. The zero-order valence-corrected chi connectivity index (χ0v) is 16.3. The number of hydrogen-bond donors (Lipinski definition) is 1. The van der Waals surface area contributed by atoms with Crippen molar-refractivity contribution in [1.82, 2.24) is 4.90 Å². The minimum absolute atomic E-state index is 0.00383. The second-order valence-electron chi connectivity index (χ2n) is 7.06. The first-order valence-electron chi connectivity index (χ1n) is 9.40. The van der Waals surface area contributed by atoms with Crippen LogP contribution in [-0.2, 0) is 11.3 Å². The van der Waals surface area contributed by atoms with Gasteiger partial charge in [-0.05, 0) is 49.6 Å². The summed E-state index contributed by atoms with van der Waals surface area (Å²) in [5.74, 6) is 1.32. The van der Waals surface area contributed by atoms with Crippen molar-refractivity contribution in [2.75, 3.05) is 32.6 Å². The number of aryl methyl sites for hydroxylation is 1. The summed E-state index contributed by atoms with van der Waals surface area (Å²) in [6, 6.07) is 13.9. The molecule has 1 unspecified atom stereocenters. The van der Waals surface area contributed by atoms with Gasteiger partial charge in [0.1, 0.15) is 0 Å². The molecule has 2 aromatic rings. The number of carbonyl (C=O) groups excluding carboxylic acids is 1. The summed E-state index contributed by atoms with van der Waals surface area (Å²) in [6.45, 7) is 4.86. The number of hydrogen-bond acceptors (Lipinski definition) is 4. The molecule has 1 heterocycles. The van der Waals surface area contributed by atoms with Gasteiger partial charge in [-0.2, -0.15) is 0 Å². The quantitative estimate of drug-likeness (QED) is 0.841. The molecule has 2 aromatic carbocycles. The van der Waals surface area contributed by atoms with Gasteiger partial charge in [0, 0.05) is 24.8 Å². The fourth-order valence-electron chi connectivity index (χ4n) is 3.60. The van der Waals surface area contributed by atoms with E-state index in [-0.39, 0.29) is 11.8 Å². The first-order valence-corrected chi connectivity index (χ1v) is 9.40. The molecule has 1 N–H and O–H groups in total. The predicted octanol–water partition coefficient (Wildman–Crippen LogP) is 3.86. The van der Waals surface area contributed by atoms with E-state index in [4.69, 9.17) is 9.47 Å². The van der Waals surface area contributed by atoms with Crippen LogP contribution in [0.5, 0.6) is 11.5 Å². The van der Waals surface area contributed by atoms with Gasteiger partial charge in [-0.25, -0.2) is 0 Å². The lowest BCUT2D eigenvalue weighted by Gasteiger charge is -2.32. The van der Waals surface area contributed by atoms with E-state index >= 15 is 0 Å². The van der Waals surface area contributed by atoms with Gasteiger partial charge >= 0.3 is 0 Å². The molecule has 5 nitrogen and oxygen atoms in total. The number of nitrogens with zero attached hydrogens (tertiary/aromatic N) is 1. The molecule has 0 aliphatic carbocycles. The van der Waals surface area contributed by atoms with Gasteiger partial charge in [-0.1, -0.05) is 24.3 Å². The third-order valence-electron chi connectivity index (χ3n) is 5.18. The molecular formula is C22H28N2O3. The van der Waals surface area contributed by atoms with E-state index < -0.39 is 0 Å². The summed E-state index contributed by atoms with van der Waals surface area (Å²) < 4.78 is 10.6. The molecule has 144 valence electrons. The Balaban J connectivity index is 1.62. The number of carbonyl (C=O) groups is 1. The fraction of sp³-hybridized carbons (Fsp3) is 0.409. The second-order valence-corrected chi connectivity index (χ2v) is 7.06.